The summed E-state index contributed by atoms with van der Waals surface area (Å²) < 4.78 is 16.0. The van der Waals surface area contributed by atoms with Crippen LogP contribution >= 0.6 is 0 Å². The predicted octanol–water partition coefficient (Wildman–Crippen LogP) is 2.77. The van der Waals surface area contributed by atoms with Crippen molar-refractivity contribution >= 4 is 17.6 Å². The molecule has 0 aliphatic carbocycles. The van der Waals surface area contributed by atoms with Gasteiger partial charge in [0, 0.05) is 12.6 Å². The molecule has 1 amide bonds. The summed E-state index contributed by atoms with van der Waals surface area (Å²) in [4.78, 5) is 22.4. The first-order chi connectivity index (χ1) is 10.8. The lowest BCUT2D eigenvalue weighted by Gasteiger charge is -2.19. The predicted molar refractivity (Wildman–Crippen MR) is 87.5 cm³/mol. The number of hydrogen-bond donors (Lipinski definition) is 1. The van der Waals surface area contributed by atoms with Gasteiger partial charge in [-0.05, 0) is 45.0 Å². The molecule has 0 heterocycles. The average molecular weight is 323 g/mol. The molecule has 1 aromatic rings. The van der Waals surface area contributed by atoms with Gasteiger partial charge in [-0.25, -0.2) is 0 Å². The van der Waals surface area contributed by atoms with E-state index in [-0.39, 0.29) is 18.3 Å². The highest BCUT2D eigenvalue weighted by Gasteiger charge is 2.15. The van der Waals surface area contributed by atoms with E-state index in [2.05, 4.69) is 5.32 Å². The third-order valence-corrected chi connectivity index (χ3v) is 2.54. The number of hydrogen-bond acceptors (Lipinski definition) is 5. The number of amides is 1. The van der Waals surface area contributed by atoms with Crippen molar-refractivity contribution in [2.24, 2.45) is 0 Å². The first-order valence-corrected chi connectivity index (χ1v) is 7.56. The minimum absolute atomic E-state index is 0.114. The fourth-order valence-electron chi connectivity index (χ4n) is 1.71. The normalized spacial score (nSPS) is 11.0. The lowest BCUT2D eigenvalue weighted by atomic mass is 10.2. The molecular formula is C17H25NO5. The third kappa shape index (κ3) is 9.52. The largest absolute Gasteiger partial charge is 0.491 e. The molecule has 0 aliphatic heterocycles. The van der Waals surface area contributed by atoms with Crippen LogP contribution in [0.3, 0.4) is 0 Å². The Labute approximate surface area is 137 Å². The smallest absolute Gasteiger partial charge is 0.308 e. The van der Waals surface area contributed by atoms with Gasteiger partial charge in [-0.15, -0.1) is 0 Å². The van der Waals surface area contributed by atoms with Gasteiger partial charge in [-0.1, -0.05) is 0 Å². The van der Waals surface area contributed by atoms with Crippen LogP contribution in [0.1, 0.15) is 34.1 Å². The summed E-state index contributed by atoms with van der Waals surface area (Å²) in [5, 5.41) is 2.68. The number of nitrogens with one attached hydrogen (secondary N) is 1. The summed E-state index contributed by atoms with van der Waals surface area (Å²) in [7, 11) is 0. The molecule has 0 aromatic heterocycles. The maximum absolute atomic E-state index is 11.5. The van der Waals surface area contributed by atoms with Crippen LogP contribution in [0.2, 0.25) is 0 Å². The van der Waals surface area contributed by atoms with E-state index in [0.29, 0.717) is 25.6 Å². The Kier molecular flexibility index (Phi) is 7.54. The van der Waals surface area contributed by atoms with Crippen molar-refractivity contribution < 1.29 is 23.8 Å². The van der Waals surface area contributed by atoms with E-state index in [1.54, 1.807) is 24.3 Å². The van der Waals surface area contributed by atoms with Crippen molar-refractivity contribution in [1.82, 2.24) is 0 Å². The van der Waals surface area contributed by atoms with Crippen molar-refractivity contribution in [3.05, 3.63) is 24.3 Å². The van der Waals surface area contributed by atoms with E-state index >= 15 is 0 Å². The number of anilines is 1. The molecule has 0 atom stereocenters. The van der Waals surface area contributed by atoms with Gasteiger partial charge in [0.25, 0.3) is 0 Å². The highest BCUT2D eigenvalue weighted by molar-refractivity contribution is 5.88. The van der Waals surface area contributed by atoms with E-state index in [1.807, 2.05) is 20.8 Å². The Hall–Kier alpha value is -2.08. The van der Waals surface area contributed by atoms with Gasteiger partial charge in [-0.2, -0.15) is 0 Å². The van der Waals surface area contributed by atoms with Crippen molar-refractivity contribution in [2.45, 2.75) is 39.7 Å². The van der Waals surface area contributed by atoms with E-state index in [1.165, 1.54) is 6.92 Å². The molecule has 23 heavy (non-hydrogen) atoms. The molecular weight excluding hydrogens is 298 g/mol. The molecule has 1 rings (SSSR count). The molecule has 0 fully saturated rings. The van der Waals surface area contributed by atoms with E-state index in [9.17, 15) is 9.59 Å². The number of carbonyl (C=O) groups is 2. The van der Waals surface area contributed by atoms with Crippen LogP contribution in [0.25, 0.3) is 0 Å². The van der Waals surface area contributed by atoms with Crippen molar-refractivity contribution in [1.29, 1.82) is 0 Å². The number of rotatable bonds is 8. The zero-order valence-electron chi connectivity index (χ0n) is 14.2. The topological polar surface area (TPSA) is 73.9 Å². The third-order valence-electron chi connectivity index (χ3n) is 2.54. The Morgan fingerprint density at radius 2 is 1.70 bits per heavy atom. The number of carbonyl (C=O) groups excluding carboxylic acids is 2. The van der Waals surface area contributed by atoms with Gasteiger partial charge in [0.1, 0.15) is 18.0 Å². The quantitative estimate of drug-likeness (QED) is 0.588. The molecule has 0 bridgehead atoms. The van der Waals surface area contributed by atoms with Crippen LogP contribution in [0, 0.1) is 0 Å². The molecule has 6 heteroatoms. The molecule has 0 spiro atoms. The van der Waals surface area contributed by atoms with E-state index in [0.717, 1.165) is 5.69 Å². The summed E-state index contributed by atoms with van der Waals surface area (Å²) in [6.07, 6.45) is 0.225. The first kappa shape index (κ1) is 19.0. The second kappa shape index (κ2) is 9.15. The minimum atomic E-state index is -0.469. The van der Waals surface area contributed by atoms with Crippen LogP contribution in [0.4, 0.5) is 5.69 Å². The molecule has 0 radical (unpaired) electrons. The molecule has 1 N–H and O–H groups in total. The molecule has 1 aromatic carbocycles. The fraction of sp³-hybridized carbons (Fsp3) is 0.529. The van der Waals surface area contributed by atoms with Gasteiger partial charge in [0.05, 0.1) is 19.6 Å². The number of benzene rings is 1. The Morgan fingerprint density at radius 3 is 2.26 bits per heavy atom. The molecule has 0 saturated heterocycles. The molecule has 128 valence electrons. The molecule has 0 aliphatic rings. The highest BCUT2D eigenvalue weighted by atomic mass is 16.6. The summed E-state index contributed by atoms with van der Waals surface area (Å²) in [6, 6.07) is 7.07. The maximum Gasteiger partial charge on any atom is 0.308 e. The van der Waals surface area contributed by atoms with Gasteiger partial charge in [-0.3, -0.25) is 9.59 Å². The standard InChI is InChI=1S/C17H25NO5/c1-13(19)18-14-5-7-15(8-6-14)22-12-11-21-10-9-16(20)23-17(2,3)4/h5-8H,9-12H2,1-4H3,(H,18,19). The highest BCUT2D eigenvalue weighted by Crippen LogP contribution is 2.15. The zero-order chi connectivity index (χ0) is 17.3. The van der Waals surface area contributed by atoms with E-state index in [4.69, 9.17) is 14.2 Å². The zero-order valence-corrected chi connectivity index (χ0v) is 14.2. The van der Waals surface area contributed by atoms with Crippen LogP contribution in [0.5, 0.6) is 5.75 Å². The molecule has 0 unspecified atom stereocenters. The van der Waals surface area contributed by atoms with Gasteiger partial charge in [0.15, 0.2) is 0 Å². The lowest BCUT2D eigenvalue weighted by Crippen LogP contribution is -2.24. The Balaban J connectivity index is 2.13. The van der Waals surface area contributed by atoms with Crippen LogP contribution < -0.4 is 10.1 Å². The molecule has 0 saturated carbocycles. The Morgan fingerprint density at radius 1 is 1.04 bits per heavy atom. The minimum Gasteiger partial charge on any atom is -0.491 e. The second-order valence-electron chi connectivity index (χ2n) is 6.00. The van der Waals surface area contributed by atoms with Crippen LogP contribution in [-0.2, 0) is 19.1 Å². The van der Waals surface area contributed by atoms with Gasteiger partial charge >= 0.3 is 5.97 Å². The van der Waals surface area contributed by atoms with Crippen molar-refractivity contribution in [2.75, 3.05) is 25.1 Å². The summed E-state index contributed by atoms with van der Waals surface area (Å²) >= 11 is 0. The van der Waals surface area contributed by atoms with Crippen LogP contribution in [0.15, 0.2) is 24.3 Å². The average Bonchev–Trinajstić information content (AvgIpc) is 2.42. The SMILES string of the molecule is CC(=O)Nc1ccc(OCCOCCC(=O)OC(C)(C)C)cc1. The lowest BCUT2D eigenvalue weighted by molar-refractivity contribution is -0.156. The number of esters is 1. The van der Waals surface area contributed by atoms with Gasteiger partial charge in [0.2, 0.25) is 5.91 Å². The van der Waals surface area contributed by atoms with E-state index < -0.39 is 5.60 Å². The van der Waals surface area contributed by atoms with Crippen molar-refractivity contribution in [3.63, 3.8) is 0 Å². The Bertz CT molecular complexity index is 505. The molecule has 6 nitrogen and oxygen atoms in total. The fourth-order valence-corrected chi connectivity index (χ4v) is 1.71. The number of ether oxygens (including phenoxy) is 3. The van der Waals surface area contributed by atoms with Gasteiger partial charge < -0.3 is 19.5 Å². The van der Waals surface area contributed by atoms with Crippen molar-refractivity contribution in [3.8, 4) is 5.75 Å². The maximum atomic E-state index is 11.5. The second-order valence-corrected chi connectivity index (χ2v) is 6.00. The monoisotopic (exact) mass is 323 g/mol. The summed E-state index contributed by atoms with van der Waals surface area (Å²) in [5.41, 5.74) is 0.252. The summed E-state index contributed by atoms with van der Waals surface area (Å²) in [6.45, 7) is 8.02. The summed E-state index contributed by atoms with van der Waals surface area (Å²) in [5.74, 6) is 0.305. The van der Waals surface area contributed by atoms with Crippen LogP contribution in [-0.4, -0.2) is 37.3 Å². The first-order valence-electron chi connectivity index (χ1n) is 7.56.